The van der Waals surface area contributed by atoms with Crippen molar-refractivity contribution >= 4 is 21.9 Å². The van der Waals surface area contributed by atoms with Gasteiger partial charge in [0.15, 0.2) is 5.96 Å². The zero-order chi connectivity index (χ0) is 12.7. The Hall–Kier alpha value is -1.10. The zero-order valence-electron chi connectivity index (χ0n) is 10.1. The van der Waals surface area contributed by atoms with Gasteiger partial charge < -0.3 is 10.6 Å². The van der Waals surface area contributed by atoms with E-state index >= 15 is 0 Å². The van der Waals surface area contributed by atoms with Crippen LogP contribution in [0.4, 0.5) is 4.39 Å². The van der Waals surface area contributed by atoms with Gasteiger partial charge in [-0.05, 0) is 32.0 Å². The van der Waals surface area contributed by atoms with Crippen LogP contribution in [-0.2, 0) is 6.54 Å². The Kier molecular flexibility index (Phi) is 5.97. The number of nitrogens with zero attached hydrogens (tertiary/aromatic N) is 1. The highest BCUT2D eigenvalue weighted by Gasteiger charge is 2.02. The van der Waals surface area contributed by atoms with E-state index in [0.717, 1.165) is 17.6 Å². The lowest BCUT2D eigenvalue weighted by Crippen LogP contribution is -2.37. The van der Waals surface area contributed by atoms with Crippen LogP contribution in [0.5, 0.6) is 0 Å². The number of aliphatic imine (C=N–C) groups is 1. The summed E-state index contributed by atoms with van der Waals surface area (Å²) in [5, 5.41) is 6.19. The van der Waals surface area contributed by atoms with E-state index in [0.29, 0.717) is 18.1 Å². The third-order valence-electron chi connectivity index (χ3n) is 2.10. The molecule has 0 atom stereocenters. The first-order valence-corrected chi connectivity index (χ1v) is 6.42. The van der Waals surface area contributed by atoms with Gasteiger partial charge in [0.1, 0.15) is 5.82 Å². The minimum atomic E-state index is -0.232. The molecule has 1 aromatic rings. The van der Waals surface area contributed by atoms with Gasteiger partial charge in [-0.1, -0.05) is 15.9 Å². The number of hydrogen-bond donors (Lipinski definition) is 2. The van der Waals surface area contributed by atoms with Crippen molar-refractivity contribution in [2.24, 2.45) is 4.99 Å². The van der Waals surface area contributed by atoms with Crippen molar-refractivity contribution in [2.75, 3.05) is 13.1 Å². The SMILES string of the molecule is CCNC(=NCc1cc(Br)ccc1F)NCC. The Bertz CT molecular complexity index is 385. The number of hydrogen-bond acceptors (Lipinski definition) is 1. The maximum atomic E-state index is 13.5. The van der Waals surface area contributed by atoms with Crippen LogP contribution in [0, 0.1) is 5.82 Å². The van der Waals surface area contributed by atoms with E-state index in [1.165, 1.54) is 6.07 Å². The predicted octanol–water partition coefficient (Wildman–Crippen LogP) is 2.66. The molecule has 94 valence electrons. The normalized spacial score (nSPS) is 9.88. The second-order valence-electron chi connectivity index (χ2n) is 3.46. The standard InChI is InChI=1S/C12H17BrFN3/c1-3-15-12(16-4-2)17-8-9-7-10(13)5-6-11(9)14/h5-7H,3-4,8H2,1-2H3,(H2,15,16,17). The summed E-state index contributed by atoms with van der Waals surface area (Å²) in [5.74, 6) is 0.471. The summed E-state index contributed by atoms with van der Waals surface area (Å²) in [4.78, 5) is 4.31. The predicted molar refractivity (Wildman–Crippen MR) is 72.6 cm³/mol. The van der Waals surface area contributed by atoms with Gasteiger partial charge in [-0.3, -0.25) is 0 Å². The van der Waals surface area contributed by atoms with E-state index in [-0.39, 0.29) is 5.82 Å². The minimum Gasteiger partial charge on any atom is -0.357 e. The molecule has 3 nitrogen and oxygen atoms in total. The fraction of sp³-hybridized carbons (Fsp3) is 0.417. The molecule has 5 heteroatoms. The highest BCUT2D eigenvalue weighted by molar-refractivity contribution is 9.10. The Morgan fingerprint density at radius 2 is 1.94 bits per heavy atom. The summed E-state index contributed by atoms with van der Waals surface area (Å²) < 4.78 is 14.3. The van der Waals surface area contributed by atoms with E-state index in [1.807, 2.05) is 13.8 Å². The molecule has 17 heavy (non-hydrogen) atoms. The lowest BCUT2D eigenvalue weighted by molar-refractivity contribution is 0.610. The number of benzene rings is 1. The van der Waals surface area contributed by atoms with Crippen LogP contribution in [0.1, 0.15) is 19.4 Å². The molecule has 0 radical (unpaired) electrons. The van der Waals surface area contributed by atoms with Gasteiger partial charge in [-0.15, -0.1) is 0 Å². The van der Waals surface area contributed by atoms with Crippen molar-refractivity contribution in [3.63, 3.8) is 0 Å². The number of rotatable bonds is 4. The Labute approximate surface area is 110 Å². The fourth-order valence-corrected chi connectivity index (χ4v) is 1.75. The van der Waals surface area contributed by atoms with Crippen LogP contribution >= 0.6 is 15.9 Å². The van der Waals surface area contributed by atoms with E-state index < -0.39 is 0 Å². The van der Waals surface area contributed by atoms with Crippen LogP contribution in [0.2, 0.25) is 0 Å². The number of guanidine groups is 1. The first-order chi connectivity index (χ1) is 8.17. The maximum absolute atomic E-state index is 13.5. The minimum absolute atomic E-state index is 0.232. The fourth-order valence-electron chi connectivity index (χ4n) is 1.34. The van der Waals surface area contributed by atoms with E-state index in [4.69, 9.17) is 0 Å². The van der Waals surface area contributed by atoms with Crippen molar-refractivity contribution in [3.05, 3.63) is 34.1 Å². The Balaban J connectivity index is 2.74. The molecule has 0 aliphatic heterocycles. The molecule has 0 aliphatic carbocycles. The van der Waals surface area contributed by atoms with Crippen LogP contribution in [-0.4, -0.2) is 19.0 Å². The summed E-state index contributed by atoms with van der Waals surface area (Å²) in [6.45, 7) is 5.87. The zero-order valence-corrected chi connectivity index (χ0v) is 11.6. The Morgan fingerprint density at radius 3 is 2.53 bits per heavy atom. The van der Waals surface area contributed by atoms with Crippen LogP contribution in [0.15, 0.2) is 27.7 Å². The topological polar surface area (TPSA) is 36.4 Å². The van der Waals surface area contributed by atoms with Crippen LogP contribution in [0.25, 0.3) is 0 Å². The van der Waals surface area contributed by atoms with Crippen molar-refractivity contribution in [1.82, 2.24) is 10.6 Å². The summed E-state index contributed by atoms with van der Waals surface area (Å²) in [7, 11) is 0. The molecule has 0 spiro atoms. The molecule has 1 rings (SSSR count). The van der Waals surface area contributed by atoms with Gasteiger partial charge in [0.05, 0.1) is 6.54 Å². The summed E-state index contributed by atoms with van der Waals surface area (Å²) >= 11 is 3.32. The molecule has 0 saturated carbocycles. The molecular weight excluding hydrogens is 285 g/mol. The lowest BCUT2D eigenvalue weighted by Gasteiger charge is -2.09. The molecule has 0 fully saturated rings. The van der Waals surface area contributed by atoms with E-state index in [9.17, 15) is 4.39 Å². The third kappa shape index (κ3) is 4.73. The van der Waals surface area contributed by atoms with Crippen molar-refractivity contribution in [3.8, 4) is 0 Å². The van der Waals surface area contributed by atoms with Crippen molar-refractivity contribution < 1.29 is 4.39 Å². The van der Waals surface area contributed by atoms with Gasteiger partial charge in [0.25, 0.3) is 0 Å². The molecule has 0 aromatic heterocycles. The van der Waals surface area contributed by atoms with Crippen LogP contribution < -0.4 is 10.6 Å². The van der Waals surface area contributed by atoms with Gasteiger partial charge in [-0.25, -0.2) is 9.38 Å². The molecule has 1 aromatic carbocycles. The van der Waals surface area contributed by atoms with E-state index in [1.54, 1.807) is 12.1 Å². The molecule has 0 aliphatic rings. The summed E-state index contributed by atoms with van der Waals surface area (Å²) in [6.07, 6.45) is 0. The molecule has 0 saturated heterocycles. The van der Waals surface area contributed by atoms with Crippen LogP contribution in [0.3, 0.4) is 0 Å². The highest BCUT2D eigenvalue weighted by atomic mass is 79.9. The highest BCUT2D eigenvalue weighted by Crippen LogP contribution is 2.16. The third-order valence-corrected chi connectivity index (χ3v) is 2.60. The molecule has 2 N–H and O–H groups in total. The second kappa shape index (κ2) is 7.27. The molecule has 0 unspecified atom stereocenters. The molecule has 0 heterocycles. The number of halogens is 2. The summed E-state index contributed by atoms with van der Waals surface area (Å²) in [5.41, 5.74) is 0.577. The smallest absolute Gasteiger partial charge is 0.191 e. The molecular formula is C12H17BrFN3. The van der Waals surface area contributed by atoms with Gasteiger partial charge >= 0.3 is 0 Å². The maximum Gasteiger partial charge on any atom is 0.191 e. The van der Waals surface area contributed by atoms with Gasteiger partial charge in [-0.2, -0.15) is 0 Å². The first-order valence-electron chi connectivity index (χ1n) is 5.63. The van der Waals surface area contributed by atoms with Crippen molar-refractivity contribution in [1.29, 1.82) is 0 Å². The summed E-state index contributed by atoms with van der Waals surface area (Å²) in [6, 6.07) is 4.86. The number of nitrogens with one attached hydrogen (secondary N) is 2. The first kappa shape index (κ1) is 14.0. The monoisotopic (exact) mass is 301 g/mol. The molecule has 0 amide bonds. The van der Waals surface area contributed by atoms with Crippen molar-refractivity contribution in [2.45, 2.75) is 20.4 Å². The average Bonchev–Trinajstić information content (AvgIpc) is 2.30. The quantitative estimate of drug-likeness (QED) is 0.663. The molecule has 0 bridgehead atoms. The van der Waals surface area contributed by atoms with Gasteiger partial charge in [0, 0.05) is 23.1 Å². The second-order valence-corrected chi connectivity index (χ2v) is 4.38. The van der Waals surface area contributed by atoms with Gasteiger partial charge in [0.2, 0.25) is 0 Å². The largest absolute Gasteiger partial charge is 0.357 e. The lowest BCUT2D eigenvalue weighted by atomic mass is 10.2. The van der Waals surface area contributed by atoms with E-state index in [2.05, 4.69) is 31.6 Å². The Morgan fingerprint density at radius 1 is 1.29 bits per heavy atom. The average molecular weight is 302 g/mol.